The molecule has 1 atom stereocenters. The van der Waals surface area contributed by atoms with Gasteiger partial charge in [-0.05, 0) is 18.6 Å². The van der Waals surface area contributed by atoms with E-state index >= 15 is 0 Å². The first-order chi connectivity index (χ1) is 8.50. The second kappa shape index (κ2) is 4.70. The van der Waals surface area contributed by atoms with Crippen LogP contribution in [-0.4, -0.2) is 17.1 Å². The Bertz CT molecular complexity index is 554. The van der Waals surface area contributed by atoms with Crippen molar-refractivity contribution in [3.8, 4) is 0 Å². The normalized spacial score (nSPS) is 19.2. The summed E-state index contributed by atoms with van der Waals surface area (Å²) in [5, 5.41) is 14.6. The third-order valence-electron chi connectivity index (χ3n) is 2.72. The topological polar surface area (TPSA) is 78.4 Å². The third-order valence-corrected chi connectivity index (χ3v) is 3.06. The van der Waals surface area contributed by atoms with Crippen LogP contribution in [-0.2, 0) is 4.79 Å². The van der Waals surface area contributed by atoms with E-state index in [1.54, 1.807) is 31.2 Å². The highest BCUT2D eigenvalue weighted by Crippen LogP contribution is 2.31. The van der Waals surface area contributed by atoms with Crippen LogP contribution in [0.15, 0.2) is 35.5 Å². The van der Waals surface area contributed by atoms with E-state index in [-0.39, 0.29) is 5.57 Å². The van der Waals surface area contributed by atoms with Crippen LogP contribution < -0.4 is 10.6 Å². The van der Waals surface area contributed by atoms with Gasteiger partial charge in [0.1, 0.15) is 0 Å². The lowest BCUT2D eigenvalue weighted by atomic mass is 9.96. The van der Waals surface area contributed by atoms with Crippen LogP contribution in [0.5, 0.6) is 0 Å². The molecule has 6 heteroatoms. The molecule has 1 aromatic carbocycles. The van der Waals surface area contributed by atoms with E-state index in [1.807, 2.05) is 0 Å². The second-order valence-corrected chi connectivity index (χ2v) is 4.30. The molecule has 0 aromatic heterocycles. The molecule has 0 spiro atoms. The van der Waals surface area contributed by atoms with Gasteiger partial charge in [0.05, 0.1) is 11.6 Å². The lowest BCUT2D eigenvalue weighted by molar-refractivity contribution is -0.133. The van der Waals surface area contributed by atoms with Gasteiger partial charge in [-0.3, -0.25) is 0 Å². The lowest BCUT2D eigenvalue weighted by Crippen LogP contribution is -2.45. The van der Waals surface area contributed by atoms with Crippen molar-refractivity contribution in [2.24, 2.45) is 0 Å². The first-order valence-corrected chi connectivity index (χ1v) is 5.64. The molecule has 1 heterocycles. The lowest BCUT2D eigenvalue weighted by Gasteiger charge is -2.27. The van der Waals surface area contributed by atoms with Crippen LogP contribution in [0.1, 0.15) is 18.5 Å². The van der Waals surface area contributed by atoms with Gasteiger partial charge in [0.15, 0.2) is 0 Å². The fourth-order valence-electron chi connectivity index (χ4n) is 1.92. The summed E-state index contributed by atoms with van der Waals surface area (Å²) >= 11 is 6.04. The van der Waals surface area contributed by atoms with Crippen LogP contribution in [0.2, 0.25) is 5.02 Å². The minimum atomic E-state index is -1.09. The quantitative estimate of drug-likeness (QED) is 0.767. The Balaban J connectivity index is 2.54. The average Bonchev–Trinajstić information content (AvgIpc) is 2.27. The Kier molecular flexibility index (Phi) is 3.25. The second-order valence-electron chi connectivity index (χ2n) is 3.90. The average molecular weight is 267 g/mol. The number of halogens is 1. The summed E-state index contributed by atoms with van der Waals surface area (Å²) in [4.78, 5) is 22.7. The van der Waals surface area contributed by atoms with Crippen LogP contribution in [0, 0.1) is 0 Å². The van der Waals surface area contributed by atoms with E-state index in [4.69, 9.17) is 11.6 Å². The predicted octanol–water partition coefficient (Wildman–Crippen LogP) is 2.05. The van der Waals surface area contributed by atoms with E-state index in [1.165, 1.54) is 0 Å². The molecule has 18 heavy (non-hydrogen) atoms. The highest BCUT2D eigenvalue weighted by molar-refractivity contribution is 6.31. The maximum absolute atomic E-state index is 11.4. The molecule has 5 nitrogen and oxygen atoms in total. The first-order valence-electron chi connectivity index (χ1n) is 5.26. The highest BCUT2D eigenvalue weighted by atomic mass is 35.5. The standard InChI is InChI=1S/C12H11ClN2O3/c1-6-9(11(16)17)10(15-12(18)14-6)7-4-2-3-5-8(7)13/h2-5,10H,1H3,(H,16,17)(H2,14,15,18)/t10-/m1/s1. The van der Waals surface area contributed by atoms with Crippen molar-refractivity contribution in [1.82, 2.24) is 10.6 Å². The van der Waals surface area contributed by atoms with Gasteiger partial charge in [0.2, 0.25) is 0 Å². The van der Waals surface area contributed by atoms with Gasteiger partial charge in [0.25, 0.3) is 0 Å². The number of benzene rings is 1. The molecular formula is C12H11ClN2O3. The number of amides is 2. The van der Waals surface area contributed by atoms with Gasteiger partial charge in [0, 0.05) is 10.7 Å². The fraction of sp³-hybridized carbons (Fsp3) is 0.167. The molecule has 2 amide bonds. The van der Waals surface area contributed by atoms with E-state index in [0.29, 0.717) is 16.3 Å². The zero-order chi connectivity index (χ0) is 13.3. The smallest absolute Gasteiger partial charge is 0.335 e. The third kappa shape index (κ3) is 2.17. The molecule has 2 rings (SSSR count). The van der Waals surface area contributed by atoms with Gasteiger partial charge in [-0.1, -0.05) is 29.8 Å². The number of carboxylic acids is 1. The summed E-state index contributed by atoms with van der Waals surface area (Å²) in [6.45, 7) is 1.55. The Morgan fingerprint density at radius 3 is 2.67 bits per heavy atom. The van der Waals surface area contributed by atoms with Gasteiger partial charge in [-0.25, -0.2) is 9.59 Å². The molecule has 0 bridgehead atoms. The number of carbonyl (C=O) groups is 2. The van der Waals surface area contributed by atoms with Crippen molar-refractivity contribution in [2.45, 2.75) is 13.0 Å². The van der Waals surface area contributed by atoms with Crippen molar-refractivity contribution in [3.63, 3.8) is 0 Å². The van der Waals surface area contributed by atoms with Gasteiger partial charge in [-0.2, -0.15) is 0 Å². The maximum atomic E-state index is 11.4. The summed E-state index contributed by atoms with van der Waals surface area (Å²) in [7, 11) is 0. The number of hydrogen-bond donors (Lipinski definition) is 3. The van der Waals surface area contributed by atoms with Crippen molar-refractivity contribution >= 4 is 23.6 Å². The number of rotatable bonds is 2. The van der Waals surface area contributed by atoms with Crippen LogP contribution in [0.25, 0.3) is 0 Å². The molecule has 1 aromatic rings. The Labute approximate surface area is 108 Å². The molecule has 0 aliphatic carbocycles. The predicted molar refractivity (Wildman–Crippen MR) is 66.2 cm³/mol. The Morgan fingerprint density at radius 2 is 2.06 bits per heavy atom. The molecule has 0 unspecified atom stereocenters. The van der Waals surface area contributed by atoms with Crippen molar-refractivity contribution in [3.05, 3.63) is 46.1 Å². The van der Waals surface area contributed by atoms with Gasteiger partial charge < -0.3 is 15.7 Å². The van der Waals surface area contributed by atoms with Crippen LogP contribution in [0.3, 0.4) is 0 Å². The molecule has 3 N–H and O–H groups in total. The molecule has 0 saturated heterocycles. The molecule has 0 saturated carbocycles. The maximum Gasteiger partial charge on any atom is 0.335 e. The summed E-state index contributed by atoms with van der Waals surface area (Å²) in [6.07, 6.45) is 0. The van der Waals surface area contributed by atoms with Gasteiger partial charge >= 0.3 is 12.0 Å². The molecule has 0 radical (unpaired) electrons. The number of nitrogens with one attached hydrogen (secondary N) is 2. The Hall–Kier alpha value is -2.01. The molecule has 1 aliphatic rings. The van der Waals surface area contributed by atoms with Crippen molar-refractivity contribution < 1.29 is 14.7 Å². The summed E-state index contributed by atoms with van der Waals surface area (Å²) in [6, 6.07) is 5.64. The largest absolute Gasteiger partial charge is 0.478 e. The summed E-state index contributed by atoms with van der Waals surface area (Å²) < 4.78 is 0. The number of aliphatic carboxylic acids is 1. The number of urea groups is 1. The zero-order valence-corrected chi connectivity index (χ0v) is 10.3. The van der Waals surface area contributed by atoms with Crippen LogP contribution in [0.4, 0.5) is 4.79 Å². The number of hydrogen-bond acceptors (Lipinski definition) is 2. The molecule has 0 fully saturated rings. The van der Waals surface area contributed by atoms with Crippen molar-refractivity contribution in [1.29, 1.82) is 0 Å². The SMILES string of the molecule is CC1=C(C(=O)O)[C@@H](c2ccccc2Cl)NC(=O)N1. The van der Waals surface area contributed by atoms with E-state index in [2.05, 4.69) is 10.6 Å². The molecule has 94 valence electrons. The summed E-state index contributed by atoms with van der Waals surface area (Å²) in [5.41, 5.74) is 0.963. The highest BCUT2D eigenvalue weighted by Gasteiger charge is 2.31. The molecular weight excluding hydrogens is 256 g/mol. The number of allylic oxidation sites excluding steroid dienone is 1. The fourth-order valence-corrected chi connectivity index (χ4v) is 2.16. The zero-order valence-electron chi connectivity index (χ0n) is 9.53. The van der Waals surface area contributed by atoms with Gasteiger partial charge in [-0.15, -0.1) is 0 Å². The summed E-state index contributed by atoms with van der Waals surface area (Å²) in [5.74, 6) is -1.09. The number of carbonyl (C=O) groups excluding carboxylic acids is 1. The Morgan fingerprint density at radius 1 is 1.39 bits per heavy atom. The van der Waals surface area contributed by atoms with E-state index in [0.717, 1.165) is 0 Å². The minimum absolute atomic E-state index is 0.0858. The number of carboxylic acid groups (broad SMARTS) is 1. The van der Waals surface area contributed by atoms with E-state index in [9.17, 15) is 14.7 Å². The van der Waals surface area contributed by atoms with Crippen molar-refractivity contribution in [2.75, 3.05) is 0 Å². The van der Waals surface area contributed by atoms with Crippen LogP contribution >= 0.6 is 11.6 Å². The first kappa shape index (κ1) is 12.4. The minimum Gasteiger partial charge on any atom is -0.478 e. The van der Waals surface area contributed by atoms with E-state index < -0.39 is 18.0 Å². The monoisotopic (exact) mass is 266 g/mol. The molecule has 1 aliphatic heterocycles.